The molecule has 26 heavy (non-hydrogen) atoms. The molecule has 8 heteroatoms. The predicted molar refractivity (Wildman–Crippen MR) is 101 cm³/mol. The van der Waals surface area contributed by atoms with E-state index in [0.29, 0.717) is 22.7 Å². The van der Waals surface area contributed by atoms with E-state index >= 15 is 0 Å². The van der Waals surface area contributed by atoms with Gasteiger partial charge in [-0.2, -0.15) is 0 Å². The van der Waals surface area contributed by atoms with Crippen LogP contribution in [0, 0.1) is 17.5 Å². The van der Waals surface area contributed by atoms with Crippen LogP contribution in [0.5, 0.6) is 0 Å². The Bertz CT molecular complexity index is 832. The van der Waals surface area contributed by atoms with Gasteiger partial charge in [-0.15, -0.1) is 24.0 Å². The maximum Gasteiger partial charge on any atom is 0.162 e. The van der Waals surface area contributed by atoms with Gasteiger partial charge in [0.15, 0.2) is 6.29 Å². The maximum atomic E-state index is 12.3. The van der Waals surface area contributed by atoms with Gasteiger partial charge in [-0.1, -0.05) is 30.3 Å². The molecule has 0 aliphatic rings. The molecule has 1 aromatic heterocycles. The van der Waals surface area contributed by atoms with Crippen LogP contribution in [-0.2, 0) is 0 Å². The van der Waals surface area contributed by atoms with Gasteiger partial charge in [-0.05, 0) is 11.6 Å². The molecule has 0 aliphatic heterocycles. The minimum absolute atomic E-state index is 0.457. The van der Waals surface area contributed by atoms with Crippen LogP contribution in [0.4, 0.5) is 18.9 Å². The summed E-state index contributed by atoms with van der Waals surface area (Å²) in [5, 5.41) is 7.00. The third-order valence-electron chi connectivity index (χ3n) is 2.94. The topological polar surface area (TPSA) is 63.3 Å². The van der Waals surface area contributed by atoms with E-state index in [1.165, 1.54) is 11.3 Å². The lowest BCUT2D eigenvalue weighted by Gasteiger charge is -1.95. The van der Waals surface area contributed by atoms with Crippen molar-refractivity contribution in [1.82, 2.24) is 0 Å². The van der Waals surface area contributed by atoms with E-state index in [4.69, 9.17) is 10.8 Å². The average Bonchev–Trinajstić information content (AvgIpc) is 3.03. The number of thiophene rings is 1. The number of halogens is 3. The van der Waals surface area contributed by atoms with Crippen molar-refractivity contribution in [3.8, 4) is 10.4 Å². The number of carbonyl (C=O) groups is 1. The summed E-state index contributed by atoms with van der Waals surface area (Å²) >= 11 is 4.86. The lowest BCUT2D eigenvalue weighted by molar-refractivity contribution is 0.112. The molecule has 0 spiro atoms. The molecule has 3 aromatic rings. The van der Waals surface area contributed by atoms with Crippen LogP contribution in [0.15, 0.2) is 53.4 Å². The summed E-state index contributed by atoms with van der Waals surface area (Å²) in [5.74, 6) is -2.91. The van der Waals surface area contributed by atoms with E-state index in [2.05, 4.69) is 12.6 Å². The minimum Gasteiger partial charge on any atom is -0.400 e. The van der Waals surface area contributed by atoms with Crippen LogP contribution < -0.4 is 5.73 Å². The largest absolute Gasteiger partial charge is 0.400 e. The molecule has 3 N–H and O–H groups in total. The van der Waals surface area contributed by atoms with Gasteiger partial charge in [0, 0.05) is 24.1 Å². The van der Waals surface area contributed by atoms with Gasteiger partial charge >= 0.3 is 0 Å². The van der Waals surface area contributed by atoms with Crippen LogP contribution in [0.1, 0.15) is 9.67 Å². The van der Waals surface area contributed by atoms with E-state index in [-0.39, 0.29) is 0 Å². The van der Waals surface area contributed by atoms with E-state index in [9.17, 15) is 18.0 Å². The number of hydrogen-bond acceptors (Lipinski definition) is 5. The molecule has 2 aromatic carbocycles. The fourth-order valence-electron chi connectivity index (χ4n) is 1.79. The number of aliphatic hydroxyl groups is 1. The Morgan fingerprint density at radius 3 is 2.04 bits per heavy atom. The summed E-state index contributed by atoms with van der Waals surface area (Å²) in [6.45, 7) is 0. The highest BCUT2D eigenvalue weighted by Crippen LogP contribution is 2.31. The molecule has 138 valence electrons. The Labute approximate surface area is 158 Å². The molecule has 3 rings (SSSR count). The van der Waals surface area contributed by atoms with Crippen molar-refractivity contribution in [2.24, 2.45) is 0 Å². The van der Waals surface area contributed by atoms with Crippen molar-refractivity contribution in [2.45, 2.75) is 4.90 Å². The summed E-state index contributed by atoms with van der Waals surface area (Å²) in [6, 6.07) is 12.9. The molecule has 0 saturated heterocycles. The van der Waals surface area contributed by atoms with Crippen molar-refractivity contribution in [3.63, 3.8) is 0 Å². The fraction of sp³-hybridized carbons (Fsp3) is 0.0556. The highest BCUT2D eigenvalue weighted by molar-refractivity contribution is 7.80. The normalized spacial score (nSPS) is 9.46. The summed E-state index contributed by atoms with van der Waals surface area (Å²) in [6.07, 6.45) is 0.798. The van der Waals surface area contributed by atoms with Crippen molar-refractivity contribution >= 4 is 35.9 Å². The second-order valence-electron chi connectivity index (χ2n) is 4.63. The van der Waals surface area contributed by atoms with Crippen molar-refractivity contribution < 1.29 is 23.1 Å². The Morgan fingerprint density at radius 1 is 1.04 bits per heavy atom. The molecule has 0 unspecified atom stereocenters. The monoisotopic (exact) mass is 399 g/mol. The first-order valence-corrected chi connectivity index (χ1v) is 8.37. The van der Waals surface area contributed by atoms with Crippen molar-refractivity contribution in [1.29, 1.82) is 0 Å². The highest BCUT2D eigenvalue weighted by Gasteiger charge is 2.07. The molecule has 0 atom stereocenters. The van der Waals surface area contributed by atoms with Gasteiger partial charge in [-0.3, -0.25) is 4.79 Å². The number of nitrogen functional groups attached to an aromatic ring is 1. The lowest BCUT2D eigenvalue weighted by atomic mass is 10.2. The fourth-order valence-corrected chi connectivity index (χ4v) is 2.82. The van der Waals surface area contributed by atoms with Crippen LogP contribution in [0.2, 0.25) is 0 Å². The minimum atomic E-state index is -0.985. The number of hydrogen-bond donors (Lipinski definition) is 3. The third kappa shape index (κ3) is 5.91. The molecule has 0 fully saturated rings. The first kappa shape index (κ1) is 21.8. The summed E-state index contributed by atoms with van der Waals surface area (Å²) in [7, 11) is 1.00. The van der Waals surface area contributed by atoms with Crippen LogP contribution in [-0.4, -0.2) is 18.5 Å². The first-order chi connectivity index (χ1) is 12.4. The Kier molecular flexibility index (Phi) is 8.91. The van der Waals surface area contributed by atoms with Gasteiger partial charge in [0.05, 0.1) is 15.5 Å². The molecule has 0 radical (unpaired) electrons. The second kappa shape index (κ2) is 10.6. The smallest absolute Gasteiger partial charge is 0.162 e. The Morgan fingerprint density at radius 2 is 1.58 bits per heavy atom. The van der Waals surface area contributed by atoms with Gasteiger partial charge in [0.25, 0.3) is 0 Å². The number of aldehydes is 1. The number of benzene rings is 2. The van der Waals surface area contributed by atoms with Crippen molar-refractivity contribution in [2.75, 3.05) is 12.8 Å². The second-order valence-corrected chi connectivity index (χ2v) is 6.16. The number of thiol groups is 1. The third-order valence-corrected chi connectivity index (χ3v) is 4.49. The molecule has 3 nitrogen and oxygen atoms in total. The SMILES string of the molecule is CO.Fc1cc(F)c(S)c(F)c1.Nc1cc(-c2ccccc2)sc1C=O. The van der Waals surface area contributed by atoms with E-state index in [0.717, 1.165) is 23.8 Å². The number of nitrogens with two attached hydrogens (primary N) is 1. The van der Waals surface area contributed by atoms with E-state index in [1.54, 1.807) is 0 Å². The quantitative estimate of drug-likeness (QED) is 0.428. The highest BCUT2D eigenvalue weighted by atomic mass is 32.1. The maximum absolute atomic E-state index is 12.3. The Balaban J connectivity index is 0.000000249. The lowest BCUT2D eigenvalue weighted by Crippen LogP contribution is -1.86. The molecule has 1 heterocycles. The number of rotatable bonds is 2. The summed E-state index contributed by atoms with van der Waals surface area (Å²) in [5.41, 5.74) is 7.32. The summed E-state index contributed by atoms with van der Waals surface area (Å²) in [4.78, 5) is 11.8. The molecule has 0 aliphatic carbocycles. The molecule has 0 bridgehead atoms. The van der Waals surface area contributed by atoms with Gasteiger partial charge in [0.1, 0.15) is 17.5 Å². The Hall–Kier alpha value is -2.29. The molecular formula is C18H16F3NO2S2. The summed E-state index contributed by atoms with van der Waals surface area (Å²) < 4.78 is 36.7. The van der Waals surface area contributed by atoms with E-state index < -0.39 is 22.3 Å². The van der Waals surface area contributed by atoms with Gasteiger partial charge in [0.2, 0.25) is 0 Å². The van der Waals surface area contributed by atoms with Gasteiger partial charge in [-0.25, -0.2) is 13.2 Å². The molecular weight excluding hydrogens is 383 g/mol. The zero-order valence-corrected chi connectivity index (χ0v) is 15.3. The van der Waals surface area contributed by atoms with Gasteiger partial charge < -0.3 is 10.8 Å². The predicted octanol–water partition coefficient (Wildman–Crippen LogP) is 4.81. The first-order valence-electron chi connectivity index (χ1n) is 7.10. The average molecular weight is 399 g/mol. The van der Waals surface area contributed by atoms with Crippen molar-refractivity contribution in [3.05, 3.63) is 70.9 Å². The van der Waals surface area contributed by atoms with Crippen LogP contribution in [0.3, 0.4) is 0 Å². The number of carbonyl (C=O) groups excluding carboxylic acids is 1. The number of aliphatic hydroxyl groups excluding tert-OH is 1. The van der Waals surface area contributed by atoms with Crippen LogP contribution in [0.25, 0.3) is 10.4 Å². The zero-order chi connectivity index (χ0) is 19.7. The number of anilines is 1. The molecule has 0 saturated carbocycles. The van der Waals surface area contributed by atoms with E-state index in [1.807, 2.05) is 36.4 Å². The molecule has 0 amide bonds. The standard InChI is InChI=1S/C11H9NOS.C6H3F3S.CH4O/c12-9-6-10(14-11(9)7-13)8-4-2-1-3-5-8;7-3-1-4(8)6(10)5(9)2-3;1-2/h1-7H,12H2;1-2,10H;2H,1H3. The zero-order valence-electron chi connectivity index (χ0n) is 13.6. The van der Waals surface area contributed by atoms with Crippen LogP contribution >= 0.6 is 24.0 Å².